The first kappa shape index (κ1) is 72.1. The number of nitrogens with zero attached hydrogens (tertiary/aromatic N) is 6. The number of fused-ring (bicyclic) bond motifs is 2. The van der Waals surface area contributed by atoms with Gasteiger partial charge < -0.3 is 47.2 Å². The third-order valence-electron chi connectivity index (χ3n) is 19.1. The summed E-state index contributed by atoms with van der Waals surface area (Å²) in [6, 6.07) is -5.03. The van der Waals surface area contributed by atoms with Gasteiger partial charge in [0.2, 0.25) is 55.5 Å². The van der Waals surface area contributed by atoms with Crippen LogP contribution in [-0.2, 0) is 58.4 Å². The van der Waals surface area contributed by atoms with Gasteiger partial charge in [-0.05, 0) is 114 Å². The van der Waals surface area contributed by atoms with Gasteiger partial charge in [0, 0.05) is 73.0 Å². The lowest BCUT2D eigenvalue weighted by Gasteiger charge is -2.35. The molecule has 0 bridgehead atoms. The van der Waals surface area contributed by atoms with Gasteiger partial charge in [-0.2, -0.15) is 0 Å². The maximum absolute atomic E-state index is 14.3. The second kappa shape index (κ2) is 27.2. The van der Waals surface area contributed by atoms with Gasteiger partial charge in [-0.15, -0.1) is 35.8 Å². The van der Waals surface area contributed by atoms with Crippen molar-refractivity contribution in [1.82, 2.24) is 64.6 Å². The number of carbonyl (C=O) groups is 10. The Morgan fingerprint density at radius 2 is 1.04 bits per heavy atom. The van der Waals surface area contributed by atoms with Gasteiger partial charge in [0.25, 0.3) is 17.7 Å². The van der Waals surface area contributed by atoms with E-state index in [2.05, 4.69) is 59.2 Å². The molecule has 4 aromatic heterocycles. The summed E-state index contributed by atoms with van der Waals surface area (Å²) in [7, 11) is -7.69. The van der Waals surface area contributed by atoms with Gasteiger partial charge in [-0.25, -0.2) is 31.6 Å². The Kier molecular flexibility index (Phi) is 20.3. The van der Waals surface area contributed by atoms with E-state index in [0.717, 1.165) is 30.6 Å². The summed E-state index contributed by atoms with van der Waals surface area (Å²) in [4.78, 5) is 144. The van der Waals surface area contributed by atoms with Crippen LogP contribution in [0.2, 0.25) is 0 Å². The first-order chi connectivity index (χ1) is 45.4. The van der Waals surface area contributed by atoms with E-state index in [1.54, 1.807) is 35.0 Å². The predicted molar refractivity (Wildman–Crippen MR) is 358 cm³/mol. The average molecular weight is 1420 g/mol. The Balaban J connectivity index is 0.000000183. The SMILES string of the molecule is C=CC1CC1(NC(=O)[C@@H]1C[C@@H](N)CN1C(=O)[C@@H](NC(=O)CC1CC1)C(C)(C)C)C(=O)NS(=O)(=O)C1CC1.C=CC1CC1(NC(=O)[C@@H]1C[C@@H](NC(=O)c2c(C)nc3sccn23)CN1C(=O)[C@@H](NC(=O)CC1CC1)C(C)(C)C)C(=O)NS(=O)(=O)C1CC1.Cc1nc2sccn2c1C(=O)O. The fraction of sp³-hybridized carbons (Fsp3) is 0.625. The summed E-state index contributed by atoms with van der Waals surface area (Å²) < 4.78 is 57.5. The van der Waals surface area contributed by atoms with Crippen molar-refractivity contribution in [3.8, 4) is 0 Å². The first-order valence-corrected chi connectivity index (χ1v) is 37.6. The van der Waals surface area contributed by atoms with Crippen molar-refractivity contribution in [3.05, 3.63) is 71.2 Å². The highest BCUT2D eigenvalue weighted by atomic mass is 32.2. The first-order valence-electron chi connectivity index (χ1n) is 32.8. The molecule has 8 aliphatic rings. The minimum Gasteiger partial charge on any atom is -0.477 e. The van der Waals surface area contributed by atoms with Crippen LogP contribution in [0, 0.1) is 48.3 Å². The third kappa shape index (κ3) is 16.1. The number of amides is 9. The number of nitrogens with one attached hydrogen (secondary N) is 7. The number of thiazole rings is 2. The predicted octanol–water partition coefficient (Wildman–Crippen LogP) is 2.72. The van der Waals surface area contributed by atoms with Crippen molar-refractivity contribution < 1.29 is 69.9 Å². The van der Waals surface area contributed by atoms with E-state index in [9.17, 15) is 64.8 Å². The number of aryl methyl sites for hydroxylation is 2. The van der Waals surface area contributed by atoms with E-state index in [1.165, 1.54) is 44.6 Å². The lowest BCUT2D eigenvalue weighted by molar-refractivity contribution is -0.144. The Morgan fingerprint density at radius 1 is 0.639 bits per heavy atom. The molecule has 4 unspecified atom stereocenters. The topological polar surface area (TPSA) is 411 Å². The molecule has 8 fully saturated rings. The molecular formula is C64H88N14O15S4. The number of aromatic nitrogens is 4. The zero-order valence-corrected chi connectivity index (χ0v) is 58.9. The molecule has 2 saturated heterocycles. The van der Waals surface area contributed by atoms with Gasteiger partial charge in [0.05, 0.1) is 21.9 Å². The molecule has 0 aromatic carbocycles. The van der Waals surface area contributed by atoms with Crippen LogP contribution in [0.25, 0.3) is 9.92 Å². The minimum atomic E-state index is -3.89. The van der Waals surface area contributed by atoms with Crippen molar-refractivity contribution in [2.45, 2.75) is 203 Å². The summed E-state index contributed by atoms with van der Waals surface area (Å²) in [6.07, 6.45) is 13.6. The fourth-order valence-electron chi connectivity index (χ4n) is 12.6. The molecule has 97 heavy (non-hydrogen) atoms. The van der Waals surface area contributed by atoms with Crippen LogP contribution < -0.4 is 41.8 Å². The molecule has 10 N–H and O–H groups in total. The summed E-state index contributed by atoms with van der Waals surface area (Å²) in [5.74, 6) is -5.86. The number of likely N-dealkylation sites (tertiary alicyclic amines) is 2. The van der Waals surface area contributed by atoms with E-state index in [0.29, 0.717) is 72.4 Å². The van der Waals surface area contributed by atoms with Crippen LogP contribution >= 0.6 is 22.7 Å². The van der Waals surface area contributed by atoms with Crippen LogP contribution in [0.4, 0.5) is 0 Å². The van der Waals surface area contributed by atoms with Crippen molar-refractivity contribution >= 4 is 112 Å². The number of carbonyl (C=O) groups excluding carboxylic acids is 9. The average Bonchev–Trinajstić information content (AvgIpc) is 1.58. The molecule has 0 radical (unpaired) electrons. The second-order valence-electron chi connectivity index (χ2n) is 29.3. The molecular weight excluding hydrogens is 1330 g/mol. The Bertz CT molecular complexity index is 4070. The molecule has 528 valence electrons. The third-order valence-corrected chi connectivity index (χ3v) is 24.3. The molecule has 12 rings (SSSR count). The summed E-state index contributed by atoms with van der Waals surface area (Å²) in [5, 5.41) is 25.5. The molecule has 6 saturated carbocycles. The van der Waals surface area contributed by atoms with Gasteiger partial charge in [0.15, 0.2) is 15.6 Å². The van der Waals surface area contributed by atoms with Crippen molar-refractivity contribution in [2.75, 3.05) is 13.1 Å². The Labute approximate surface area is 570 Å². The normalized spacial score (nSPS) is 25.8. The number of carboxylic acids is 1. The summed E-state index contributed by atoms with van der Waals surface area (Å²) >= 11 is 2.81. The number of hydrogen-bond acceptors (Lipinski definition) is 19. The fourth-order valence-corrected chi connectivity index (χ4v) is 16.9. The Morgan fingerprint density at radius 3 is 1.42 bits per heavy atom. The molecule has 2 aliphatic heterocycles. The maximum Gasteiger partial charge on any atom is 0.354 e. The lowest BCUT2D eigenvalue weighted by atomic mass is 9.85. The zero-order valence-electron chi connectivity index (χ0n) is 55.7. The van der Waals surface area contributed by atoms with Crippen molar-refractivity contribution in [2.24, 2.45) is 40.2 Å². The highest BCUT2D eigenvalue weighted by molar-refractivity contribution is 7.91. The van der Waals surface area contributed by atoms with Crippen LogP contribution in [0.5, 0.6) is 0 Å². The van der Waals surface area contributed by atoms with E-state index in [1.807, 2.05) is 52.3 Å². The highest BCUT2D eigenvalue weighted by Crippen LogP contribution is 2.47. The quantitative estimate of drug-likeness (QED) is 0.0482. The standard InChI is InChI=1S/C32H43N7O7S2.C25H39N5O6S.C7H6N2O2S/c1-6-19-15-32(19,29(44)37-48(45,46)21-9-10-21)36-26(41)22-14-20(34-27(42)24-17(2)33-30-38(24)11-12-47-30)16-39(22)28(43)25(31(3,4)5)35-23(40)13-18-7-8-18;1-5-15-12-25(15,23(34)29-37(35,36)17-8-9-17)28-21(32)18-11-16(26)13-30(18)22(33)20(24(2,3)4)27-19(31)10-14-6-7-14;1-4-5(6(10)11)9-2-3-12-7(9)8-4/h6,11-12,18-22,25H,1,7-10,13-16H2,2-5H3,(H,34,42)(H,35,40)(H,36,41)(H,37,44);5,14-18,20H,1,6-13,26H2,2-4H3,(H,27,31)(H,28,32)(H,29,34);2-3H,1H3,(H,10,11)/t19?,20-,22+,25-,32?;15?,16-,18+,20-,25?;/m11./s1. The molecule has 29 nitrogen and oxygen atoms in total. The number of sulfonamides is 2. The maximum atomic E-state index is 14.3. The summed E-state index contributed by atoms with van der Waals surface area (Å²) in [6.45, 7) is 22.0. The van der Waals surface area contributed by atoms with Gasteiger partial charge >= 0.3 is 5.97 Å². The second-order valence-corrected chi connectivity index (χ2v) is 35.0. The number of imidazole rings is 2. The van der Waals surface area contributed by atoms with Crippen LogP contribution in [-0.4, -0.2) is 181 Å². The Hall–Kier alpha value is -7.62. The number of rotatable bonds is 23. The zero-order chi connectivity index (χ0) is 70.8. The smallest absolute Gasteiger partial charge is 0.354 e. The lowest BCUT2D eigenvalue weighted by Crippen LogP contribution is -2.60. The van der Waals surface area contributed by atoms with Crippen LogP contribution in [0.15, 0.2) is 48.5 Å². The van der Waals surface area contributed by atoms with Gasteiger partial charge in [-0.3, -0.25) is 61.4 Å². The molecule has 6 heterocycles. The van der Waals surface area contributed by atoms with E-state index < -0.39 is 148 Å². The van der Waals surface area contributed by atoms with Gasteiger partial charge in [-0.1, -0.05) is 53.7 Å². The minimum absolute atomic E-state index is 0.0255. The monoisotopic (exact) mass is 1420 g/mol. The number of carboxylic acid groups (broad SMARTS) is 1. The number of nitrogens with two attached hydrogens (primary N) is 1. The molecule has 33 heteroatoms. The van der Waals surface area contributed by atoms with Crippen LogP contribution in [0.1, 0.15) is 164 Å². The van der Waals surface area contributed by atoms with Crippen molar-refractivity contribution in [3.63, 3.8) is 0 Å². The van der Waals surface area contributed by atoms with E-state index >= 15 is 0 Å². The highest BCUT2D eigenvalue weighted by Gasteiger charge is 2.63. The van der Waals surface area contributed by atoms with Crippen molar-refractivity contribution in [1.29, 1.82) is 0 Å². The van der Waals surface area contributed by atoms with Crippen LogP contribution in [0.3, 0.4) is 0 Å². The molecule has 0 spiro atoms. The summed E-state index contributed by atoms with van der Waals surface area (Å²) in [5.41, 5.74) is 3.53. The molecule has 4 aromatic rings. The number of hydrogen-bond donors (Lipinski definition) is 9. The molecule has 6 aliphatic carbocycles. The van der Waals surface area contributed by atoms with E-state index in [-0.39, 0.29) is 56.3 Å². The largest absolute Gasteiger partial charge is 0.477 e. The van der Waals surface area contributed by atoms with Gasteiger partial charge in [0.1, 0.15) is 40.9 Å². The molecule has 9 amide bonds. The molecule has 10 atom stereocenters. The number of aromatic carboxylic acids is 1. The van der Waals surface area contributed by atoms with E-state index in [4.69, 9.17) is 10.8 Å².